The molecule has 0 aliphatic rings. The van der Waals surface area contributed by atoms with Gasteiger partial charge in [0.05, 0.1) is 0 Å². The second-order valence-electron chi connectivity index (χ2n) is 3.18. The average Bonchev–Trinajstić information content (AvgIpc) is 2.34. The number of hydrogen-bond donors (Lipinski definition) is 1. The number of carboxylic acid groups (broad SMARTS) is 1. The molecule has 0 atom stereocenters. The summed E-state index contributed by atoms with van der Waals surface area (Å²) in [7, 11) is 0. The van der Waals surface area contributed by atoms with Gasteiger partial charge in [-0.05, 0) is 36.1 Å². The number of ketones is 1. The Morgan fingerprint density at radius 1 is 1.12 bits per heavy atom. The predicted octanol–water partition coefficient (Wildman–Crippen LogP) is 2.63. The van der Waals surface area contributed by atoms with E-state index in [1.807, 2.05) is 30.5 Å². The van der Waals surface area contributed by atoms with E-state index in [4.69, 9.17) is 5.11 Å². The van der Waals surface area contributed by atoms with Gasteiger partial charge < -0.3 is 5.11 Å². The van der Waals surface area contributed by atoms with E-state index in [9.17, 15) is 9.59 Å². The van der Waals surface area contributed by atoms with Crippen molar-refractivity contribution in [3.63, 3.8) is 0 Å². The third-order valence-corrected chi connectivity index (χ3v) is 2.69. The summed E-state index contributed by atoms with van der Waals surface area (Å²) in [5, 5.41) is 8.34. The van der Waals surface area contributed by atoms with Crippen LogP contribution >= 0.6 is 11.8 Å². The van der Waals surface area contributed by atoms with Crippen molar-refractivity contribution in [3.05, 3.63) is 48.1 Å². The molecule has 0 amide bonds. The van der Waals surface area contributed by atoms with Crippen molar-refractivity contribution in [1.29, 1.82) is 0 Å². The molecule has 17 heavy (non-hydrogen) atoms. The van der Waals surface area contributed by atoms with Gasteiger partial charge in [-0.25, -0.2) is 4.79 Å². The van der Waals surface area contributed by atoms with Gasteiger partial charge in [-0.1, -0.05) is 18.2 Å². The van der Waals surface area contributed by atoms with E-state index in [2.05, 4.69) is 0 Å². The lowest BCUT2D eigenvalue weighted by atomic mass is 10.2. The molecule has 0 bridgehead atoms. The van der Waals surface area contributed by atoms with Gasteiger partial charge in [0.15, 0.2) is 5.78 Å². The maximum atomic E-state index is 11.2. The van der Waals surface area contributed by atoms with E-state index in [0.717, 1.165) is 22.6 Å². The first kappa shape index (κ1) is 13.3. The molecule has 88 valence electrons. The number of allylic oxidation sites excluding steroid dienone is 2. The van der Waals surface area contributed by atoms with Gasteiger partial charge >= 0.3 is 5.97 Å². The molecule has 0 unspecified atom stereocenters. The summed E-state index contributed by atoms with van der Waals surface area (Å²) in [4.78, 5) is 22.5. The molecule has 0 heterocycles. The lowest BCUT2D eigenvalue weighted by Gasteiger charge is -1.96. The highest BCUT2D eigenvalue weighted by atomic mass is 32.2. The molecule has 1 aromatic carbocycles. The van der Waals surface area contributed by atoms with Crippen LogP contribution in [0.2, 0.25) is 0 Å². The largest absolute Gasteiger partial charge is 0.478 e. The van der Waals surface area contributed by atoms with Gasteiger partial charge in [-0.2, -0.15) is 0 Å². The normalized spacial score (nSPS) is 11.1. The van der Waals surface area contributed by atoms with Crippen LogP contribution in [0.3, 0.4) is 0 Å². The maximum absolute atomic E-state index is 11.2. The number of thioether (sulfide) groups is 1. The van der Waals surface area contributed by atoms with Crippen LogP contribution in [-0.2, 0) is 9.59 Å². The summed E-state index contributed by atoms with van der Waals surface area (Å²) in [5.74, 6) is -1.47. The fraction of sp³-hybridized carbons (Fsp3) is 0.0769. The third-order valence-electron chi connectivity index (χ3n) is 1.95. The Labute approximate surface area is 104 Å². The molecule has 0 aliphatic carbocycles. The molecule has 0 saturated heterocycles. The van der Waals surface area contributed by atoms with Crippen molar-refractivity contribution < 1.29 is 14.7 Å². The predicted molar refractivity (Wildman–Crippen MR) is 69.0 cm³/mol. The Bertz CT molecular complexity index is 458. The smallest absolute Gasteiger partial charge is 0.328 e. The van der Waals surface area contributed by atoms with Crippen molar-refractivity contribution in [2.24, 2.45) is 0 Å². The number of hydrogen-bond acceptors (Lipinski definition) is 3. The van der Waals surface area contributed by atoms with Gasteiger partial charge in [-0.3, -0.25) is 4.79 Å². The minimum absolute atomic E-state index is 0.346. The highest BCUT2D eigenvalue weighted by Crippen LogP contribution is 2.15. The van der Waals surface area contributed by atoms with E-state index in [1.54, 1.807) is 17.8 Å². The quantitative estimate of drug-likeness (QED) is 0.643. The fourth-order valence-electron chi connectivity index (χ4n) is 1.10. The summed E-state index contributed by atoms with van der Waals surface area (Å²) in [6.45, 7) is 0. The summed E-state index contributed by atoms with van der Waals surface area (Å²) < 4.78 is 0. The van der Waals surface area contributed by atoms with E-state index in [1.165, 1.54) is 6.08 Å². The second-order valence-corrected chi connectivity index (χ2v) is 4.06. The molecule has 1 aromatic rings. The van der Waals surface area contributed by atoms with Gasteiger partial charge in [0.25, 0.3) is 0 Å². The molecule has 0 saturated carbocycles. The van der Waals surface area contributed by atoms with Crippen LogP contribution < -0.4 is 0 Å². The zero-order chi connectivity index (χ0) is 12.7. The van der Waals surface area contributed by atoms with Gasteiger partial charge in [0.1, 0.15) is 0 Å². The Morgan fingerprint density at radius 2 is 1.76 bits per heavy atom. The average molecular weight is 248 g/mol. The zero-order valence-electron chi connectivity index (χ0n) is 9.29. The molecule has 0 aliphatic heterocycles. The third kappa shape index (κ3) is 5.17. The minimum atomic E-state index is -1.13. The maximum Gasteiger partial charge on any atom is 0.328 e. The van der Waals surface area contributed by atoms with Crippen LogP contribution in [0.15, 0.2) is 47.4 Å². The first-order valence-electron chi connectivity index (χ1n) is 4.89. The molecular formula is C13H12O3S. The highest BCUT2D eigenvalue weighted by Gasteiger charge is 1.93. The molecule has 0 spiro atoms. The molecule has 1 N–H and O–H groups in total. The van der Waals surface area contributed by atoms with Crippen molar-refractivity contribution in [1.82, 2.24) is 0 Å². The van der Waals surface area contributed by atoms with Gasteiger partial charge in [0, 0.05) is 11.0 Å². The van der Waals surface area contributed by atoms with Crippen LogP contribution in [0, 0.1) is 0 Å². The van der Waals surface area contributed by atoms with Crippen LogP contribution in [0.25, 0.3) is 6.08 Å². The van der Waals surface area contributed by atoms with Gasteiger partial charge in [-0.15, -0.1) is 11.8 Å². The number of benzene rings is 1. The summed E-state index contributed by atoms with van der Waals surface area (Å²) >= 11 is 1.65. The first-order valence-corrected chi connectivity index (χ1v) is 6.11. The number of rotatable bonds is 5. The number of carbonyl (C=O) groups is 2. The molecular weight excluding hydrogens is 236 g/mol. The Morgan fingerprint density at radius 3 is 2.29 bits per heavy atom. The van der Waals surface area contributed by atoms with Crippen LogP contribution in [0.4, 0.5) is 0 Å². The van der Waals surface area contributed by atoms with Crippen molar-refractivity contribution in [3.8, 4) is 0 Å². The first-order chi connectivity index (χ1) is 8.11. The van der Waals surface area contributed by atoms with E-state index in [0.29, 0.717) is 0 Å². The second kappa shape index (κ2) is 6.70. The monoisotopic (exact) mass is 248 g/mol. The lowest BCUT2D eigenvalue weighted by Crippen LogP contribution is -1.91. The molecule has 4 heteroatoms. The lowest BCUT2D eigenvalue weighted by molar-refractivity contribution is -0.131. The summed E-state index contributed by atoms with van der Waals surface area (Å²) in [6.07, 6.45) is 6.83. The number of aliphatic carboxylic acids is 1. The number of carbonyl (C=O) groups excluding carboxylic acids is 1. The Hall–Kier alpha value is -1.81. The Balaban J connectivity index is 2.63. The van der Waals surface area contributed by atoms with Crippen LogP contribution in [-0.4, -0.2) is 23.1 Å². The topological polar surface area (TPSA) is 54.4 Å². The van der Waals surface area contributed by atoms with E-state index >= 15 is 0 Å². The number of carboxylic acids is 1. The van der Waals surface area contributed by atoms with Crippen LogP contribution in [0.1, 0.15) is 5.56 Å². The van der Waals surface area contributed by atoms with Crippen molar-refractivity contribution in [2.45, 2.75) is 4.90 Å². The fourth-order valence-corrected chi connectivity index (χ4v) is 1.51. The van der Waals surface area contributed by atoms with E-state index in [-0.39, 0.29) is 5.78 Å². The minimum Gasteiger partial charge on any atom is -0.478 e. The van der Waals surface area contributed by atoms with Crippen molar-refractivity contribution in [2.75, 3.05) is 6.26 Å². The molecule has 0 radical (unpaired) electrons. The summed E-state index contributed by atoms with van der Waals surface area (Å²) in [6, 6.07) is 7.72. The zero-order valence-corrected chi connectivity index (χ0v) is 10.1. The molecule has 3 nitrogen and oxygen atoms in total. The molecule has 1 rings (SSSR count). The summed E-state index contributed by atoms with van der Waals surface area (Å²) in [5.41, 5.74) is 0.903. The highest BCUT2D eigenvalue weighted by molar-refractivity contribution is 7.98. The van der Waals surface area contributed by atoms with Crippen LogP contribution in [0.5, 0.6) is 0 Å². The van der Waals surface area contributed by atoms with E-state index < -0.39 is 5.97 Å². The van der Waals surface area contributed by atoms with Crippen molar-refractivity contribution >= 4 is 29.6 Å². The SMILES string of the molecule is CSc1ccc(/C=C/C(=O)/C=C/C(=O)O)cc1. The standard InChI is InChI=1S/C13H12O3S/c1-17-12-7-3-10(4-8-12)2-5-11(14)6-9-13(15)16/h2-9H,1H3,(H,15,16)/b5-2+,9-6+. The van der Waals surface area contributed by atoms with Gasteiger partial charge in [0.2, 0.25) is 0 Å². The molecule has 0 fully saturated rings. The Kier molecular flexibility index (Phi) is 5.23. The molecule has 0 aromatic heterocycles.